The van der Waals surface area contributed by atoms with Crippen molar-refractivity contribution in [3.63, 3.8) is 0 Å². The molecule has 138 valence electrons. The standard InChI is InChI=1S/C18H18ClNO5S/c1-2-3-10-24-17(22)12-4-6-13(7-5-12)20-16(21)11-25-18(23)14-8-9-15(19)26-14/h4-9H,2-3,10-11H2,1H3,(H,20,21). The lowest BCUT2D eigenvalue weighted by Crippen LogP contribution is -2.20. The van der Waals surface area contributed by atoms with Gasteiger partial charge in [0.15, 0.2) is 6.61 Å². The van der Waals surface area contributed by atoms with Gasteiger partial charge in [-0.1, -0.05) is 24.9 Å². The first-order valence-corrected chi connectivity index (χ1v) is 9.18. The van der Waals surface area contributed by atoms with Crippen LogP contribution in [0, 0.1) is 0 Å². The number of esters is 2. The lowest BCUT2D eigenvalue weighted by molar-refractivity contribution is -0.119. The molecule has 1 heterocycles. The number of hydrogen-bond acceptors (Lipinski definition) is 6. The number of ether oxygens (including phenoxy) is 2. The third-order valence-corrected chi connectivity index (χ3v) is 4.46. The van der Waals surface area contributed by atoms with Gasteiger partial charge in [-0.05, 0) is 42.8 Å². The van der Waals surface area contributed by atoms with Crippen molar-refractivity contribution in [3.05, 3.63) is 51.2 Å². The van der Waals surface area contributed by atoms with E-state index < -0.39 is 24.5 Å². The molecule has 0 spiro atoms. The van der Waals surface area contributed by atoms with E-state index in [4.69, 9.17) is 21.1 Å². The van der Waals surface area contributed by atoms with Crippen LogP contribution in [-0.4, -0.2) is 31.1 Å². The van der Waals surface area contributed by atoms with Gasteiger partial charge >= 0.3 is 11.9 Å². The molecule has 0 aliphatic rings. The monoisotopic (exact) mass is 395 g/mol. The molecule has 2 aromatic rings. The third-order valence-electron chi connectivity index (χ3n) is 3.24. The maximum Gasteiger partial charge on any atom is 0.348 e. The molecule has 0 aliphatic heterocycles. The van der Waals surface area contributed by atoms with Gasteiger partial charge in [0.1, 0.15) is 4.88 Å². The molecule has 0 aliphatic carbocycles. The number of thiophene rings is 1. The van der Waals surface area contributed by atoms with Crippen molar-refractivity contribution in [3.8, 4) is 0 Å². The molecule has 8 heteroatoms. The number of carbonyl (C=O) groups is 3. The summed E-state index contributed by atoms with van der Waals surface area (Å²) in [5, 5.41) is 2.58. The molecule has 1 N–H and O–H groups in total. The van der Waals surface area contributed by atoms with Crippen LogP contribution in [0.2, 0.25) is 4.34 Å². The highest BCUT2D eigenvalue weighted by atomic mass is 35.5. The third kappa shape index (κ3) is 6.16. The van der Waals surface area contributed by atoms with Crippen LogP contribution in [0.25, 0.3) is 0 Å². The maximum atomic E-state index is 11.8. The number of halogens is 1. The summed E-state index contributed by atoms with van der Waals surface area (Å²) in [6, 6.07) is 9.39. The average Bonchev–Trinajstić information content (AvgIpc) is 3.07. The zero-order valence-corrected chi connectivity index (χ0v) is 15.7. The van der Waals surface area contributed by atoms with E-state index in [9.17, 15) is 14.4 Å². The van der Waals surface area contributed by atoms with Crippen molar-refractivity contribution in [1.29, 1.82) is 0 Å². The van der Waals surface area contributed by atoms with E-state index in [0.29, 0.717) is 27.1 Å². The van der Waals surface area contributed by atoms with Crippen LogP contribution in [0.1, 0.15) is 39.8 Å². The van der Waals surface area contributed by atoms with Crippen LogP contribution in [0.3, 0.4) is 0 Å². The number of nitrogens with one attached hydrogen (secondary N) is 1. The van der Waals surface area contributed by atoms with Crippen LogP contribution in [0.4, 0.5) is 5.69 Å². The Balaban J connectivity index is 1.79. The van der Waals surface area contributed by atoms with E-state index in [-0.39, 0.29) is 0 Å². The first-order chi connectivity index (χ1) is 12.5. The van der Waals surface area contributed by atoms with Gasteiger partial charge in [0.25, 0.3) is 5.91 Å². The highest BCUT2D eigenvalue weighted by Crippen LogP contribution is 2.22. The summed E-state index contributed by atoms with van der Waals surface area (Å²) in [6.07, 6.45) is 1.76. The Morgan fingerprint density at radius 2 is 1.77 bits per heavy atom. The Morgan fingerprint density at radius 3 is 2.38 bits per heavy atom. The largest absolute Gasteiger partial charge is 0.462 e. The van der Waals surface area contributed by atoms with Gasteiger partial charge in [-0.25, -0.2) is 9.59 Å². The smallest absolute Gasteiger partial charge is 0.348 e. The minimum atomic E-state index is -0.609. The van der Waals surface area contributed by atoms with Crippen molar-refractivity contribution < 1.29 is 23.9 Å². The lowest BCUT2D eigenvalue weighted by atomic mass is 10.2. The average molecular weight is 396 g/mol. The van der Waals surface area contributed by atoms with Gasteiger partial charge in [0.05, 0.1) is 16.5 Å². The van der Waals surface area contributed by atoms with Crippen LogP contribution in [-0.2, 0) is 14.3 Å². The van der Waals surface area contributed by atoms with Crippen LogP contribution < -0.4 is 5.32 Å². The van der Waals surface area contributed by atoms with E-state index in [1.807, 2.05) is 6.92 Å². The van der Waals surface area contributed by atoms with Gasteiger partial charge in [0, 0.05) is 5.69 Å². The lowest BCUT2D eigenvalue weighted by Gasteiger charge is -2.07. The molecule has 0 unspecified atom stereocenters. The fourth-order valence-electron chi connectivity index (χ4n) is 1.91. The van der Waals surface area contributed by atoms with Crippen molar-refractivity contribution >= 4 is 46.5 Å². The topological polar surface area (TPSA) is 81.7 Å². The van der Waals surface area contributed by atoms with Gasteiger partial charge in [-0.3, -0.25) is 4.79 Å². The number of hydrogen-bond donors (Lipinski definition) is 1. The second kappa shape index (κ2) is 9.94. The second-order valence-electron chi connectivity index (χ2n) is 5.29. The molecule has 1 amide bonds. The van der Waals surface area contributed by atoms with E-state index in [1.54, 1.807) is 30.3 Å². The number of benzene rings is 1. The van der Waals surface area contributed by atoms with E-state index in [2.05, 4.69) is 5.32 Å². The fraction of sp³-hybridized carbons (Fsp3) is 0.278. The molecule has 0 saturated heterocycles. The van der Waals surface area contributed by atoms with Gasteiger partial charge < -0.3 is 14.8 Å². The molecule has 0 saturated carbocycles. The van der Waals surface area contributed by atoms with Gasteiger partial charge in [-0.15, -0.1) is 11.3 Å². The number of anilines is 1. The molecule has 0 radical (unpaired) electrons. The highest BCUT2D eigenvalue weighted by molar-refractivity contribution is 7.17. The van der Waals surface area contributed by atoms with Crippen LogP contribution in [0.5, 0.6) is 0 Å². The SMILES string of the molecule is CCCCOC(=O)c1ccc(NC(=O)COC(=O)c2ccc(Cl)s2)cc1. The Bertz CT molecular complexity index is 772. The van der Waals surface area contributed by atoms with Crippen LogP contribution in [0.15, 0.2) is 36.4 Å². The maximum absolute atomic E-state index is 11.8. The Hall–Kier alpha value is -2.38. The van der Waals surface area contributed by atoms with Crippen LogP contribution >= 0.6 is 22.9 Å². The molecule has 26 heavy (non-hydrogen) atoms. The number of unbranched alkanes of at least 4 members (excludes halogenated alkanes) is 1. The summed E-state index contributed by atoms with van der Waals surface area (Å²) in [4.78, 5) is 35.7. The summed E-state index contributed by atoms with van der Waals surface area (Å²) < 4.78 is 10.5. The van der Waals surface area contributed by atoms with Gasteiger partial charge in [-0.2, -0.15) is 0 Å². The van der Waals surface area contributed by atoms with Crippen molar-refractivity contribution in [2.45, 2.75) is 19.8 Å². The second-order valence-corrected chi connectivity index (χ2v) is 7.01. The van der Waals surface area contributed by atoms with E-state index in [0.717, 1.165) is 24.2 Å². The molecule has 0 fully saturated rings. The minimum absolute atomic E-state index is 0.328. The van der Waals surface area contributed by atoms with Crippen molar-refractivity contribution in [1.82, 2.24) is 0 Å². The van der Waals surface area contributed by atoms with E-state index in [1.165, 1.54) is 6.07 Å². The summed E-state index contributed by atoms with van der Waals surface area (Å²) in [5.41, 5.74) is 0.885. The Morgan fingerprint density at radius 1 is 1.04 bits per heavy atom. The minimum Gasteiger partial charge on any atom is -0.462 e. The number of rotatable bonds is 8. The number of carbonyl (C=O) groups excluding carboxylic acids is 3. The summed E-state index contributed by atoms with van der Waals surface area (Å²) in [6.45, 7) is 1.97. The molecule has 1 aromatic heterocycles. The molecule has 6 nitrogen and oxygen atoms in total. The molecule has 0 atom stereocenters. The normalized spacial score (nSPS) is 10.2. The first kappa shape index (κ1) is 19.9. The molecular formula is C18H18ClNO5S. The summed E-state index contributed by atoms with van der Waals surface area (Å²) in [5.74, 6) is -1.50. The predicted octanol–water partition coefficient (Wildman–Crippen LogP) is 4.15. The van der Waals surface area contributed by atoms with E-state index >= 15 is 0 Å². The summed E-state index contributed by atoms with van der Waals surface area (Å²) >= 11 is 6.82. The zero-order chi connectivity index (χ0) is 18.9. The zero-order valence-electron chi connectivity index (χ0n) is 14.1. The molecular weight excluding hydrogens is 378 g/mol. The number of amides is 1. The molecule has 2 rings (SSSR count). The highest BCUT2D eigenvalue weighted by Gasteiger charge is 2.13. The molecule has 0 bridgehead atoms. The Labute approximate surface area is 160 Å². The Kier molecular flexibility index (Phi) is 7.62. The van der Waals surface area contributed by atoms with Crippen molar-refractivity contribution in [2.75, 3.05) is 18.5 Å². The van der Waals surface area contributed by atoms with Gasteiger partial charge in [0.2, 0.25) is 0 Å². The summed E-state index contributed by atoms with van der Waals surface area (Å²) in [7, 11) is 0. The molecule has 1 aromatic carbocycles. The fourth-order valence-corrected chi connectivity index (χ4v) is 2.84. The predicted molar refractivity (Wildman–Crippen MR) is 99.9 cm³/mol. The first-order valence-electron chi connectivity index (χ1n) is 7.99. The quantitative estimate of drug-likeness (QED) is 0.536. The van der Waals surface area contributed by atoms with Crippen molar-refractivity contribution in [2.24, 2.45) is 0 Å².